The second kappa shape index (κ2) is 10.1. The number of amides is 4. The van der Waals surface area contributed by atoms with Crippen LogP contribution in [0.25, 0.3) is 0 Å². The van der Waals surface area contributed by atoms with E-state index in [1.165, 1.54) is 35.3 Å². The summed E-state index contributed by atoms with van der Waals surface area (Å²) in [5.41, 5.74) is -0.226. The van der Waals surface area contributed by atoms with Gasteiger partial charge in [-0.25, -0.2) is 18.4 Å². The number of carbonyl (C=O) groups excluding carboxylic acids is 4. The van der Waals surface area contributed by atoms with Gasteiger partial charge in [0.05, 0.1) is 25.1 Å². The molecule has 3 heterocycles. The molecule has 0 aliphatic carbocycles. The molecule has 3 atom stereocenters. The predicted octanol–water partition coefficient (Wildman–Crippen LogP) is 2.13. The van der Waals surface area contributed by atoms with E-state index in [9.17, 15) is 28.0 Å². The number of nitrogens with one attached hydrogen (secondary N) is 2. The zero-order valence-corrected chi connectivity index (χ0v) is 18.8. The first kappa shape index (κ1) is 24.2. The number of anilines is 1. The molecule has 10 nitrogen and oxygen atoms in total. The lowest BCUT2D eigenvalue weighted by Crippen LogP contribution is -2.51. The van der Waals surface area contributed by atoms with Crippen molar-refractivity contribution in [2.45, 2.75) is 37.4 Å². The molecule has 4 rings (SSSR count). The minimum Gasteiger partial charge on any atom is -0.467 e. The Bertz CT molecular complexity index is 1130. The average molecular weight is 490 g/mol. The fraction of sp³-hybridized carbons (Fsp3) is 0.391. The molecule has 0 bridgehead atoms. The van der Waals surface area contributed by atoms with Crippen molar-refractivity contribution in [2.75, 3.05) is 25.5 Å². The minimum atomic E-state index is -0.967. The van der Waals surface area contributed by atoms with Gasteiger partial charge in [-0.05, 0) is 43.5 Å². The Balaban J connectivity index is 1.50. The Kier molecular flexibility index (Phi) is 6.99. The van der Waals surface area contributed by atoms with Gasteiger partial charge in [-0.15, -0.1) is 0 Å². The molecule has 1 aromatic carbocycles. The summed E-state index contributed by atoms with van der Waals surface area (Å²) in [4.78, 5) is 53.8. The first-order chi connectivity index (χ1) is 16.8. The quantitative estimate of drug-likeness (QED) is 0.620. The van der Waals surface area contributed by atoms with E-state index in [4.69, 9.17) is 9.15 Å². The van der Waals surface area contributed by atoms with Gasteiger partial charge < -0.3 is 29.6 Å². The highest BCUT2D eigenvalue weighted by Gasteiger charge is 2.46. The monoisotopic (exact) mass is 490 g/mol. The topological polar surface area (TPSA) is 121 Å². The number of nitrogens with zero attached hydrogens (tertiary/aromatic N) is 2. The third-order valence-electron chi connectivity index (χ3n) is 6.10. The number of methoxy groups -OCH3 is 1. The van der Waals surface area contributed by atoms with Crippen molar-refractivity contribution < 1.29 is 37.1 Å². The number of rotatable bonds is 5. The highest BCUT2D eigenvalue weighted by molar-refractivity contribution is 5.97. The second-order valence-electron chi connectivity index (χ2n) is 8.32. The van der Waals surface area contributed by atoms with Gasteiger partial charge >= 0.3 is 12.0 Å². The van der Waals surface area contributed by atoms with E-state index in [1.807, 2.05) is 0 Å². The van der Waals surface area contributed by atoms with Gasteiger partial charge in [0.2, 0.25) is 5.91 Å². The van der Waals surface area contributed by atoms with E-state index >= 15 is 0 Å². The molecular weight excluding hydrogens is 466 g/mol. The number of ether oxygens (including phenoxy) is 1. The van der Waals surface area contributed by atoms with E-state index in [0.717, 1.165) is 12.1 Å². The van der Waals surface area contributed by atoms with Crippen LogP contribution >= 0.6 is 0 Å². The van der Waals surface area contributed by atoms with Gasteiger partial charge in [0.1, 0.15) is 23.7 Å². The largest absolute Gasteiger partial charge is 0.467 e. The van der Waals surface area contributed by atoms with Crippen molar-refractivity contribution in [1.82, 2.24) is 15.1 Å². The zero-order valence-electron chi connectivity index (χ0n) is 18.8. The van der Waals surface area contributed by atoms with Crippen LogP contribution in [0.3, 0.4) is 0 Å². The summed E-state index contributed by atoms with van der Waals surface area (Å²) in [5, 5.41) is 4.92. The summed E-state index contributed by atoms with van der Waals surface area (Å²) in [5.74, 6) is -3.23. The number of halogens is 2. The average Bonchev–Trinajstić information content (AvgIpc) is 3.60. The maximum Gasteiger partial charge on any atom is 0.328 e. The van der Waals surface area contributed by atoms with Crippen LogP contribution in [-0.4, -0.2) is 71.9 Å². The van der Waals surface area contributed by atoms with Crippen LogP contribution in [-0.2, 0) is 14.3 Å². The number of likely N-dealkylation sites (tertiary alicyclic amines) is 2. The molecule has 2 saturated heterocycles. The first-order valence-corrected chi connectivity index (χ1v) is 11.0. The van der Waals surface area contributed by atoms with Gasteiger partial charge in [0.15, 0.2) is 5.76 Å². The fourth-order valence-corrected chi connectivity index (χ4v) is 4.48. The molecule has 2 fully saturated rings. The van der Waals surface area contributed by atoms with Gasteiger partial charge in [0, 0.05) is 19.2 Å². The van der Waals surface area contributed by atoms with Crippen molar-refractivity contribution in [3.63, 3.8) is 0 Å². The number of urea groups is 1. The normalized spacial score (nSPS) is 21.6. The van der Waals surface area contributed by atoms with Crippen molar-refractivity contribution >= 4 is 29.5 Å². The number of esters is 1. The Labute approximate surface area is 199 Å². The maximum absolute atomic E-state index is 13.9. The summed E-state index contributed by atoms with van der Waals surface area (Å²) in [6, 6.07) is 2.56. The van der Waals surface area contributed by atoms with Gasteiger partial charge in [-0.2, -0.15) is 0 Å². The van der Waals surface area contributed by atoms with Crippen LogP contribution in [0, 0.1) is 11.6 Å². The van der Waals surface area contributed by atoms with Crippen LogP contribution < -0.4 is 10.6 Å². The molecule has 0 spiro atoms. The molecule has 0 saturated carbocycles. The SMILES string of the molecule is COC(=O)C1CCCN1C(=O)C1CC(NC(=O)Nc2ccc(F)cc2F)CN1C(=O)c1ccco1. The Morgan fingerprint density at radius 2 is 1.91 bits per heavy atom. The van der Waals surface area contributed by atoms with Crippen LogP contribution in [0.1, 0.15) is 29.8 Å². The summed E-state index contributed by atoms with van der Waals surface area (Å²) in [6.45, 7) is 0.312. The van der Waals surface area contributed by atoms with Crippen molar-refractivity contribution in [2.24, 2.45) is 0 Å². The van der Waals surface area contributed by atoms with Crippen LogP contribution in [0.2, 0.25) is 0 Å². The summed E-state index contributed by atoms with van der Waals surface area (Å²) >= 11 is 0. The lowest BCUT2D eigenvalue weighted by Gasteiger charge is -2.29. The Hall–Kier alpha value is -3.96. The van der Waals surface area contributed by atoms with E-state index in [0.29, 0.717) is 25.5 Å². The molecule has 2 N–H and O–H groups in total. The number of hydrogen-bond donors (Lipinski definition) is 2. The fourth-order valence-electron chi connectivity index (χ4n) is 4.48. The summed E-state index contributed by atoms with van der Waals surface area (Å²) in [6.07, 6.45) is 2.45. The van der Waals surface area contributed by atoms with E-state index in [-0.39, 0.29) is 24.4 Å². The van der Waals surface area contributed by atoms with E-state index in [2.05, 4.69) is 10.6 Å². The highest BCUT2D eigenvalue weighted by Crippen LogP contribution is 2.27. The molecule has 3 unspecified atom stereocenters. The third kappa shape index (κ3) is 5.10. The van der Waals surface area contributed by atoms with Crippen LogP contribution in [0.15, 0.2) is 41.0 Å². The standard InChI is InChI=1S/C23H24F2N4O6/c1-34-22(32)17-4-2-8-28(17)20(30)18-11-14(12-29(18)21(31)19-5-3-9-35-19)26-23(33)27-16-7-6-13(24)10-15(16)25/h3,5-7,9-10,14,17-18H,2,4,8,11-12H2,1H3,(H2,26,27,33). The van der Waals surface area contributed by atoms with Crippen LogP contribution in [0.4, 0.5) is 19.3 Å². The van der Waals surface area contributed by atoms with Gasteiger partial charge in [-0.1, -0.05) is 0 Å². The molecule has 35 heavy (non-hydrogen) atoms. The minimum absolute atomic E-state index is 0.0206. The maximum atomic E-state index is 13.9. The molecule has 12 heteroatoms. The number of hydrogen-bond acceptors (Lipinski definition) is 6. The summed E-state index contributed by atoms with van der Waals surface area (Å²) in [7, 11) is 1.24. The lowest BCUT2D eigenvalue weighted by molar-refractivity contribution is -0.152. The highest BCUT2D eigenvalue weighted by atomic mass is 19.1. The second-order valence-corrected chi connectivity index (χ2v) is 8.32. The van der Waals surface area contributed by atoms with Gasteiger partial charge in [-0.3, -0.25) is 9.59 Å². The smallest absolute Gasteiger partial charge is 0.328 e. The molecule has 2 aliphatic heterocycles. The number of benzene rings is 1. The summed E-state index contributed by atoms with van der Waals surface area (Å²) < 4.78 is 37.0. The number of furan rings is 1. The number of carbonyl (C=O) groups is 4. The molecule has 2 aromatic rings. The molecule has 0 radical (unpaired) electrons. The van der Waals surface area contributed by atoms with Crippen molar-refractivity contribution in [3.8, 4) is 0 Å². The van der Waals surface area contributed by atoms with E-state index < -0.39 is 53.6 Å². The van der Waals surface area contributed by atoms with E-state index in [1.54, 1.807) is 0 Å². The molecular formula is C23H24F2N4O6. The predicted molar refractivity (Wildman–Crippen MR) is 117 cm³/mol. The third-order valence-corrected chi connectivity index (χ3v) is 6.10. The van der Waals surface area contributed by atoms with Crippen LogP contribution in [0.5, 0.6) is 0 Å². The Morgan fingerprint density at radius 1 is 1.11 bits per heavy atom. The van der Waals surface area contributed by atoms with Crippen molar-refractivity contribution in [3.05, 3.63) is 54.0 Å². The van der Waals surface area contributed by atoms with Gasteiger partial charge in [0.25, 0.3) is 5.91 Å². The zero-order chi connectivity index (χ0) is 25.1. The Morgan fingerprint density at radius 3 is 2.60 bits per heavy atom. The van der Waals surface area contributed by atoms with Crippen molar-refractivity contribution in [1.29, 1.82) is 0 Å². The molecule has 1 aromatic heterocycles. The lowest BCUT2D eigenvalue weighted by atomic mass is 10.1. The molecule has 2 aliphatic rings. The first-order valence-electron chi connectivity index (χ1n) is 11.0. The molecule has 4 amide bonds. The molecule has 186 valence electrons.